The summed E-state index contributed by atoms with van der Waals surface area (Å²) in [6.45, 7) is -2.96. The molecular formula is C7H15Cl2N2O2P. The normalized spacial score (nSPS) is 40.7. The highest BCUT2D eigenvalue weighted by molar-refractivity contribution is 7.54. The van der Waals surface area contributed by atoms with Gasteiger partial charge in [0.25, 0.3) is 0 Å². The Balaban J connectivity index is 3.04. The number of nitrogens with zero attached hydrogens (tertiary/aromatic N) is 1. The maximum absolute atomic E-state index is 12.5. The lowest BCUT2D eigenvalue weighted by molar-refractivity contribution is 0.203. The van der Waals surface area contributed by atoms with Crippen molar-refractivity contribution in [1.29, 1.82) is 0 Å². The van der Waals surface area contributed by atoms with Crippen LogP contribution in [-0.4, -0.2) is 42.6 Å². The lowest BCUT2D eigenvalue weighted by atomic mass is 10.4. The molecule has 0 aliphatic carbocycles. The smallest absolute Gasteiger partial charge is 0.306 e. The molecule has 0 radical (unpaired) electrons. The van der Waals surface area contributed by atoms with E-state index in [1.165, 1.54) is 0 Å². The van der Waals surface area contributed by atoms with E-state index in [0.29, 0.717) is 0 Å². The van der Waals surface area contributed by atoms with Crippen LogP contribution >= 0.6 is 30.9 Å². The van der Waals surface area contributed by atoms with Gasteiger partial charge in [0.2, 0.25) is 0 Å². The third kappa shape index (κ3) is 3.37. The highest BCUT2D eigenvalue weighted by Crippen LogP contribution is 2.48. The third-order valence-electron chi connectivity index (χ3n) is 1.54. The predicted molar refractivity (Wildman–Crippen MR) is 59.2 cm³/mol. The van der Waals surface area contributed by atoms with Crippen LogP contribution < -0.4 is 5.09 Å². The number of hydrogen-bond acceptors (Lipinski definition) is 2. The second kappa shape index (κ2) is 6.31. The number of halogens is 2. The summed E-state index contributed by atoms with van der Waals surface area (Å²) in [5.41, 5.74) is 0. The van der Waals surface area contributed by atoms with Gasteiger partial charge >= 0.3 is 7.67 Å². The molecule has 0 aromatic carbocycles. The standard InChI is InChI=1S/C7H15Cl2N2O2P/c8-2-4-10-14(12)11(6-3-9)5-1-7-13-14/h1-7H2,(H,10,12)/i1D2,5D2. The minimum atomic E-state index is -3.66. The molecule has 0 aromatic rings. The molecule has 0 amide bonds. The van der Waals surface area contributed by atoms with Crippen molar-refractivity contribution in [2.24, 2.45) is 0 Å². The van der Waals surface area contributed by atoms with Crippen molar-refractivity contribution in [2.75, 3.05) is 38.0 Å². The van der Waals surface area contributed by atoms with E-state index in [2.05, 4.69) is 5.09 Å². The van der Waals surface area contributed by atoms with Crippen LogP contribution in [0.3, 0.4) is 0 Å². The van der Waals surface area contributed by atoms with Gasteiger partial charge in [-0.05, 0) is 6.37 Å². The van der Waals surface area contributed by atoms with Crippen molar-refractivity contribution < 1.29 is 14.6 Å². The molecule has 7 heteroatoms. The maximum Gasteiger partial charge on any atom is 0.343 e. The van der Waals surface area contributed by atoms with E-state index in [-0.39, 0.29) is 24.8 Å². The molecule has 1 aliphatic heterocycles. The summed E-state index contributed by atoms with van der Waals surface area (Å²) in [4.78, 5) is 0. The highest BCUT2D eigenvalue weighted by Gasteiger charge is 2.33. The van der Waals surface area contributed by atoms with Crippen LogP contribution in [0.15, 0.2) is 0 Å². The first-order chi connectivity index (χ1) is 8.21. The summed E-state index contributed by atoms with van der Waals surface area (Å²) in [5, 5.41) is 2.54. The van der Waals surface area contributed by atoms with Crippen molar-refractivity contribution >= 4 is 30.9 Å². The Morgan fingerprint density at radius 1 is 1.57 bits per heavy atom. The molecule has 1 saturated heterocycles. The fourth-order valence-corrected chi connectivity index (χ4v) is 3.08. The SMILES string of the molecule is [2H]C1([2H])COP(=O)(NCCCl)N(CCCl)C1([2H])[2H]. The van der Waals surface area contributed by atoms with Crippen LogP contribution in [0.4, 0.5) is 0 Å². The maximum atomic E-state index is 12.5. The largest absolute Gasteiger partial charge is 0.343 e. The minimum absolute atomic E-state index is 0.00545. The van der Waals surface area contributed by atoms with Gasteiger partial charge in [0.05, 0.1) is 6.61 Å². The van der Waals surface area contributed by atoms with Gasteiger partial charge in [0.1, 0.15) is 0 Å². The molecule has 1 unspecified atom stereocenters. The van der Waals surface area contributed by atoms with Crippen molar-refractivity contribution in [3.05, 3.63) is 0 Å². The molecule has 1 fully saturated rings. The Morgan fingerprint density at radius 2 is 2.36 bits per heavy atom. The first-order valence-electron chi connectivity index (χ1n) is 6.11. The van der Waals surface area contributed by atoms with Gasteiger partial charge in [-0.15, -0.1) is 23.2 Å². The molecule has 4 nitrogen and oxygen atoms in total. The van der Waals surface area contributed by atoms with Crippen molar-refractivity contribution in [1.82, 2.24) is 9.76 Å². The summed E-state index contributed by atoms with van der Waals surface area (Å²) in [5.74, 6) is 0.184. The second-order valence-corrected chi connectivity index (χ2v) is 5.35. The Hall–Kier alpha value is 0.690. The Labute approximate surface area is 100 Å². The molecular weight excluding hydrogens is 246 g/mol. The van der Waals surface area contributed by atoms with Gasteiger partial charge < -0.3 is 4.52 Å². The molecule has 1 heterocycles. The van der Waals surface area contributed by atoms with Gasteiger partial charge in [-0.25, -0.2) is 9.76 Å². The third-order valence-corrected chi connectivity index (χ3v) is 3.94. The second-order valence-electron chi connectivity index (χ2n) is 2.49. The first kappa shape index (κ1) is 7.88. The molecule has 1 aliphatic rings. The summed E-state index contributed by atoms with van der Waals surface area (Å²) in [7, 11) is -3.66. The van der Waals surface area contributed by atoms with E-state index < -0.39 is 27.1 Å². The van der Waals surface area contributed by atoms with E-state index in [1.54, 1.807) is 0 Å². The van der Waals surface area contributed by atoms with Gasteiger partial charge in [-0.3, -0.25) is 4.57 Å². The van der Waals surface area contributed by atoms with Crippen LogP contribution in [0.5, 0.6) is 0 Å². The molecule has 0 bridgehead atoms. The van der Waals surface area contributed by atoms with Crippen molar-refractivity contribution in [3.8, 4) is 0 Å². The Bertz CT molecular complexity index is 347. The van der Waals surface area contributed by atoms with Gasteiger partial charge in [-0.1, -0.05) is 0 Å². The molecule has 0 saturated carbocycles. The summed E-state index contributed by atoms with van der Waals surface area (Å²) < 4.78 is 49.2. The molecule has 1 atom stereocenters. The lowest BCUT2D eigenvalue weighted by Gasteiger charge is -2.34. The minimum Gasteiger partial charge on any atom is -0.306 e. The fourth-order valence-electron chi connectivity index (χ4n) is 0.961. The zero-order chi connectivity index (χ0) is 14.0. The average molecular weight is 265 g/mol. The summed E-state index contributed by atoms with van der Waals surface area (Å²) >= 11 is 11.0. The average Bonchev–Trinajstić information content (AvgIpc) is 2.29. The van der Waals surface area contributed by atoms with Crippen LogP contribution in [0, 0.1) is 0 Å². The Kier molecular flexibility index (Phi) is 3.55. The monoisotopic (exact) mass is 264 g/mol. The van der Waals surface area contributed by atoms with Crippen molar-refractivity contribution in [2.45, 2.75) is 6.37 Å². The zero-order valence-corrected chi connectivity index (χ0v) is 9.91. The van der Waals surface area contributed by atoms with Crippen molar-refractivity contribution in [3.63, 3.8) is 0 Å². The molecule has 14 heavy (non-hydrogen) atoms. The van der Waals surface area contributed by atoms with E-state index in [1.807, 2.05) is 0 Å². The van der Waals surface area contributed by atoms with Crippen LogP contribution in [-0.2, 0) is 9.09 Å². The fraction of sp³-hybridized carbons (Fsp3) is 1.00. The van der Waals surface area contributed by atoms with E-state index >= 15 is 0 Å². The number of rotatable bonds is 5. The predicted octanol–water partition coefficient (Wildman–Crippen LogP) is 1.88. The van der Waals surface area contributed by atoms with Gasteiger partial charge in [-0.2, -0.15) is 0 Å². The number of nitrogens with one attached hydrogen (secondary N) is 1. The molecule has 0 spiro atoms. The Morgan fingerprint density at radius 3 is 3.00 bits per heavy atom. The zero-order valence-electron chi connectivity index (χ0n) is 11.5. The first-order valence-corrected chi connectivity index (χ1v) is 6.76. The number of alkyl halides is 2. The van der Waals surface area contributed by atoms with E-state index in [0.717, 1.165) is 4.67 Å². The summed E-state index contributed by atoms with van der Waals surface area (Å²) in [6.07, 6.45) is -2.27. The highest BCUT2D eigenvalue weighted by atomic mass is 35.5. The lowest BCUT2D eigenvalue weighted by Crippen LogP contribution is -2.36. The summed E-state index contributed by atoms with van der Waals surface area (Å²) in [6, 6.07) is 0. The van der Waals surface area contributed by atoms with Gasteiger partial charge in [0.15, 0.2) is 0 Å². The topological polar surface area (TPSA) is 41.6 Å². The van der Waals surface area contributed by atoms with Crippen LogP contribution in [0.2, 0.25) is 0 Å². The molecule has 84 valence electrons. The molecule has 1 rings (SSSR count). The quantitative estimate of drug-likeness (QED) is 0.608. The van der Waals surface area contributed by atoms with Gasteiger partial charge in [0, 0.05) is 36.8 Å². The molecule has 1 N–H and O–H groups in total. The van der Waals surface area contributed by atoms with Crippen LogP contribution in [0.1, 0.15) is 11.9 Å². The van der Waals surface area contributed by atoms with E-state index in [9.17, 15) is 4.57 Å². The number of hydrogen-bond donors (Lipinski definition) is 1. The molecule has 0 aromatic heterocycles. The van der Waals surface area contributed by atoms with E-state index in [4.69, 9.17) is 33.2 Å². The van der Waals surface area contributed by atoms with Crippen LogP contribution in [0.25, 0.3) is 0 Å².